The molecule has 168 valence electrons. The van der Waals surface area contributed by atoms with Crippen molar-refractivity contribution in [2.75, 3.05) is 25.1 Å². The van der Waals surface area contributed by atoms with E-state index in [2.05, 4.69) is 9.97 Å². The zero-order chi connectivity index (χ0) is 23.5. The minimum Gasteiger partial charge on any atom is -0.456 e. The third-order valence-corrected chi connectivity index (χ3v) is 5.71. The zero-order valence-corrected chi connectivity index (χ0v) is 18.7. The molecule has 11 heteroatoms. The smallest absolute Gasteiger partial charge is 0.326 e. The summed E-state index contributed by atoms with van der Waals surface area (Å²) in [6.07, 6.45) is 3.12. The van der Waals surface area contributed by atoms with E-state index in [0.29, 0.717) is 22.9 Å². The second-order valence-corrected chi connectivity index (χ2v) is 8.71. The van der Waals surface area contributed by atoms with E-state index in [9.17, 15) is 18.0 Å². The number of esters is 1. The lowest BCUT2D eigenvalue weighted by Crippen LogP contribution is -2.29. The number of nitrogens with two attached hydrogens (primary N) is 1. The molecule has 0 unspecified atom stereocenters. The molecule has 0 spiro atoms. The lowest BCUT2D eigenvalue weighted by Gasteiger charge is -2.15. The average Bonchev–Trinajstić information content (AvgIpc) is 3.06. The van der Waals surface area contributed by atoms with Crippen LogP contribution >= 0.6 is 0 Å². The summed E-state index contributed by atoms with van der Waals surface area (Å²) >= 11 is 0. The highest BCUT2D eigenvalue weighted by Gasteiger charge is 2.19. The molecule has 3 aromatic rings. The first-order valence-electron chi connectivity index (χ1n) is 9.57. The van der Waals surface area contributed by atoms with E-state index >= 15 is 0 Å². The molecule has 32 heavy (non-hydrogen) atoms. The number of benzene rings is 1. The lowest BCUT2D eigenvalue weighted by atomic mass is 10.1. The number of likely N-dealkylation sites (N-methyl/N-ethyl adjacent to an activating group) is 1. The van der Waals surface area contributed by atoms with Crippen molar-refractivity contribution in [1.29, 1.82) is 0 Å². The highest BCUT2D eigenvalue weighted by atomic mass is 32.2. The Kier molecular flexibility index (Phi) is 6.70. The number of primary sulfonamides is 1. The second kappa shape index (κ2) is 9.28. The monoisotopic (exact) mass is 457 g/mol. The number of carbonyl (C=O) groups excluding carboxylic acids is 2. The van der Waals surface area contributed by atoms with E-state index in [1.54, 1.807) is 50.6 Å². The molecule has 0 aliphatic rings. The van der Waals surface area contributed by atoms with Crippen LogP contribution < -0.4 is 10.0 Å². The predicted octanol–water partition coefficient (Wildman–Crippen LogP) is 1.39. The number of nitrogens with zero attached hydrogens (tertiary/aromatic N) is 4. The van der Waals surface area contributed by atoms with Gasteiger partial charge in [0, 0.05) is 42.1 Å². The van der Waals surface area contributed by atoms with Gasteiger partial charge in [-0.3, -0.25) is 9.59 Å². The fraction of sp³-hybridized carbons (Fsp3) is 0.238. The van der Waals surface area contributed by atoms with Gasteiger partial charge in [-0.25, -0.2) is 23.5 Å². The first-order chi connectivity index (χ1) is 15.1. The number of ketones is 1. The van der Waals surface area contributed by atoms with Gasteiger partial charge in [0.15, 0.2) is 6.61 Å². The summed E-state index contributed by atoms with van der Waals surface area (Å²) < 4.78 is 29.9. The van der Waals surface area contributed by atoms with Crippen LogP contribution in [0.5, 0.6) is 0 Å². The fourth-order valence-electron chi connectivity index (χ4n) is 3.25. The fourth-order valence-corrected chi connectivity index (χ4v) is 3.76. The van der Waals surface area contributed by atoms with Gasteiger partial charge in [-0.1, -0.05) is 0 Å². The SMILES string of the molecule is Cc1cc(C(=O)COC(=O)CN(C)c2ncccn2)c(C)n1-c1ccc(S(N)(=O)=O)cc1. The quantitative estimate of drug-likeness (QED) is 0.396. The number of hydrogen-bond acceptors (Lipinski definition) is 8. The highest BCUT2D eigenvalue weighted by molar-refractivity contribution is 7.89. The molecule has 2 aromatic heterocycles. The third-order valence-electron chi connectivity index (χ3n) is 4.78. The maximum Gasteiger partial charge on any atom is 0.326 e. The number of rotatable bonds is 8. The van der Waals surface area contributed by atoms with Gasteiger partial charge >= 0.3 is 5.97 Å². The topological polar surface area (TPSA) is 137 Å². The van der Waals surface area contributed by atoms with Gasteiger partial charge in [-0.15, -0.1) is 0 Å². The molecule has 0 saturated carbocycles. The molecular formula is C21H23N5O5S. The maximum absolute atomic E-state index is 12.7. The molecule has 0 fully saturated rings. The summed E-state index contributed by atoms with van der Waals surface area (Å²) in [6.45, 7) is 3.07. The first-order valence-corrected chi connectivity index (χ1v) is 11.1. The van der Waals surface area contributed by atoms with Crippen molar-refractivity contribution in [3.63, 3.8) is 0 Å². The van der Waals surface area contributed by atoms with Gasteiger partial charge in [0.25, 0.3) is 0 Å². The Morgan fingerprint density at radius 1 is 1.12 bits per heavy atom. The van der Waals surface area contributed by atoms with E-state index in [-0.39, 0.29) is 17.2 Å². The van der Waals surface area contributed by atoms with E-state index in [0.717, 1.165) is 5.69 Å². The van der Waals surface area contributed by atoms with Crippen LogP contribution in [-0.2, 0) is 19.6 Å². The van der Waals surface area contributed by atoms with Gasteiger partial charge in [-0.2, -0.15) is 0 Å². The van der Waals surface area contributed by atoms with Gasteiger partial charge in [0.1, 0.15) is 6.54 Å². The van der Waals surface area contributed by atoms with Crippen molar-refractivity contribution in [3.05, 3.63) is 65.7 Å². The molecule has 0 aliphatic carbocycles. The zero-order valence-electron chi connectivity index (χ0n) is 17.8. The Balaban J connectivity index is 1.68. The molecule has 0 atom stereocenters. The molecule has 0 saturated heterocycles. The van der Waals surface area contributed by atoms with E-state index in [1.165, 1.54) is 17.0 Å². The van der Waals surface area contributed by atoms with Crippen molar-refractivity contribution in [3.8, 4) is 5.69 Å². The number of carbonyl (C=O) groups is 2. The van der Waals surface area contributed by atoms with Crippen LogP contribution in [0.1, 0.15) is 21.7 Å². The lowest BCUT2D eigenvalue weighted by molar-refractivity contribution is -0.140. The molecular weight excluding hydrogens is 434 g/mol. The standard InChI is InChI=1S/C21H23N5O5S/c1-14-11-18(15(2)26(14)16-5-7-17(8-6-16)32(22,29)30)19(27)13-31-20(28)12-25(3)21-23-9-4-10-24-21/h4-11H,12-13H2,1-3H3,(H2,22,29,30). The Bertz CT molecular complexity index is 1240. The summed E-state index contributed by atoms with van der Waals surface area (Å²) in [4.78, 5) is 34.4. The molecule has 0 bridgehead atoms. The van der Waals surface area contributed by atoms with Crippen molar-refractivity contribution >= 4 is 27.7 Å². The number of aromatic nitrogens is 3. The Labute approximate surface area is 185 Å². The normalized spacial score (nSPS) is 11.2. The molecule has 3 rings (SSSR count). The van der Waals surface area contributed by atoms with Gasteiger partial charge in [-0.05, 0) is 50.2 Å². The summed E-state index contributed by atoms with van der Waals surface area (Å²) in [7, 11) is -2.15. The molecule has 0 aliphatic heterocycles. The second-order valence-electron chi connectivity index (χ2n) is 7.15. The van der Waals surface area contributed by atoms with Crippen molar-refractivity contribution in [2.24, 2.45) is 5.14 Å². The number of hydrogen-bond donors (Lipinski definition) is 1. The van der Waals surface area contributed by atoms with Crippen LogP contribution in [0.3, 0.4) is 0 Å². The van der Waals surface area contributed by atoms with Crippen LogP contribution in [0.4, 0.5) is 5.95 Å². The van der Waals surface area contributed by atoms with Crippen molar-refractivity contribution in [1.82, 2.24) is 14.5 Å². The van der Waals surface area contributed by atoms with Gasteiger partial charge in [0.05, 0.1) is 4.90 Å². The van der Waals surface area contributed by atoms with Crippen LogP contribution in [0, 0.1) is 13.8 Å². The minimum absolute atomic E-state index is 0.00204. The largest absolute Gasteiger partial charge is 0.456 e. The molecule has 2 heterocycles. The predicted molar refractivity (Wildman–Crippen MR) is 117 cm³/mol. The van der Waals surface area contributed by atoms with E-state index < -0.39 is 22.6 Å². The number of Topliss-reactive ketones (excluding diaryl/α,β-unsaturated/α-hetero) is 1. The summed E-state index contributed by atoms with van der Waals surface area (Å²) in [5.74, 6) is -0.564. The van der Waals surface area contributed by atoms with Crippen LogP contribution in [0.15, 0.2) is 53.7 Å². The van der Waals surface area contributed by atoms with E-state index in [1.807, 2.05) is 11.5 Å². The number of sulfonamides is 1. The summed E-state index contributed by atoms with van der Waals surface area (Å²) in [5, 5.41) is 5.14. The van der Waals surface area contributed by atoms with Crippen LogP contribution in [0.2, 0.25) is 0 Å². The average molecular weight is 458 g/mol. The number of ether oxygens (including phenoxy) is 1. The van der Waals surface area contributed by atoms with Crippen molar-refractivity contribution < 1.29 is 22.7 Å². The first kappa shape index (κ1) is 23.1. The van der Waals surface area contributed by atoms with Crippen molar-refractivity contribution in [2.45, 2.75) is 18.7 Å². The Morgan fingerprint density at radius 3 is 2.34 bits per heavy atom. The Hall–Kier alpha value is -3.57. The molecule has 10 nitrogen and oxygen atoms in total. The molecule has 1 aromatic carbocycles. The van der Waals surface area contributed by atoms with Gasteiger partial charge < -0.3 is 14.2 Å². The van der Waals surface area contributed by atoms with Gasteiger partial charge in [0.2, 0.25) is 21.8 Å². The highest BCUT2D eigenvalue weighted by Crippen LogP contribution is 2.22. The molecule has 0 radical (unpaired) electrons. The van der Waals surface area contributed by atoms with Crippen LogP contribution in [-0.4, -0.2) is 54.9 Å². The molecule has 2 N–H and O–H groups in total. The summed E-state index contributed by atoms with van der Waals surface area (Å²) in [6, 6.07) is 9.38. The Morgan fingerprint density at radius 2 is 1.75 bits per heavy atom. The molecule has 0 amide bonds. The number of aryl methyl sites for hydroxylation is 1. The van der Waals surface area contributed by atoms with E-state index in [4.69, 9.17) is 9.88 Å². The summed E-state index contributed by atoms with van der Waals surface area (Å²) in [5.41, 5.74) is 2.49. The van der Waals surface area contributed by atoms with Crippen LogP contribution in [0.25, 0.3) is 5.69 Å². The number of anilines is 1. The maximum atomic E-state index is 12.7. The third kappa shape index (κ3) is 5.18. The minimum atomic E-state index is -3.80.